The van der Waals surface area contributed by atoms with Crippen molar-refractivity contribution in [1.82, 2.24) is 0 Å². The highest BCUT2D eigenvalue weighted by Gasteiger charge is 2.36. The Bertz CT molecular complexity index is 915. The Morgan fingerprint density at radius 2 is 1.55 bits per heavy atom. The van der Waals surface area contributed by atoms with Gasteiger partial charge in [-0.3, -0.25) is 14.8 Å². The third kappa shape index (κ3) is 1.69. The fourth-order valence-electron chi connectivity index (χ4n) is 2.73. The maximum Gasteiger partial charge on any atom is 0.266 e. The van der Waals surface area contributed by atoms with Gasteiger partial charge in [-0.1, -0.05) is 12.1 Å². The van der Waals surface area contributed by atoms with E-state index in [1.807, 2.05) is 0 Å². The number of rotatable bonds is 1. The molecule has 1 aliphatic rings. The van der Waals surface area contributed by atoms with Crippen LogP contribution in [0.2, 0.25) is 0 Å². The molecule has 0 atom stereocenters. The Labute approximate surface area is 125 Å². The highest BCUT2D eigenvalue weighted by molar-refractivity contribution is 6.34. The molecule has 106 valence electrons. The fraction of sp³-hybridized carbons (Fsp3) is 0. The van der Waals surface area contributed by atoms with Crippen molar-refractivity contribution >= 4 is 28.3 Å². The van der Waals surface area contributed by atoms with E-state index in [9.17, 15) is 14.8 Å². The summed E-state index contributed by atoms with van der Waals surface area (Å²) in [6.45, 7) is 0. The molecule has 22 heavy (non-hydrogen) atoms. The van der Waals surface area contributed by atoms with Crippen LogP contribution in [0.4, 0.5) is 5.69 Å². The van der Waals surface area contributed by atoms with Crippen LogP contribution in [-0.2, 0) is 0 Å². The first-order valence-corrected chi connectivity index (χ1v) is 6.77. The molecule has 5 heteroatoms. The third-order valence-corrected chi connectivity index (χ3v) is 3.80. The normalized spacial score (nSPS) is 13.7. The quantitative estimate of drug-likeness (QED) is 0.424. The fourth-order valence-corrected chi connectivity index (χ4v) is 2.73. The predicted octanol–water partition coefficient (Wildman–Crippen LogP) is 2.17. The lowest BCUT2D eigenvalue weighted by Crippen LogP contribution is -2.29. The Morgan fingerprint density at radius 3 is 2.23 bits per heavy atom. The molecule has 0 fully saturated rings. The zero-order valence-corrected chi connectivity index (χ0v) is 11.4. The van der Waals surface area contributed by atoms with E-state index in [1.54, 1.807) is 54.7 Å². The highest BCUT2D eigenvalue weighted by Crippen LogP contribution is 2.29. The van der Waals surface area contributed by atoms with Crippen molar-refractivity contribution in [2.75, 3.05) is 4.90 Å². The van der Waals surface area contributed by atoms with Crippen molar-refractivity contribution in [3.05, 3.63) is 72.1 Å². The van der Waals surface area contributed by atoms with Gasteiger partial charge in [0.05, 0.1) is 22.2 Å². The molecule has 0 radical (unpaired) electrons. The average molecular weight is 291 g/mol. The molecule has 2 aromatic carbocycles. The number of aromatic nitrogens is 1. The van der Waals surface area contributed by atoms with Crippen LogP contribution < -0.4 is 9.63 Å². The number of imide groups is 1. The molecule has 1 aliphatic heterocycles. The second kappa shape index (κ2) is 4.39. The zero-order valence-electron chi connectivity index (χ0n) is 11.4. The molecule has 0 saturated carbocycles. The Morgan fingerprint density at radius 1 is 0.864 bits per heavy atom. The number of hydrogen-bond acceptors (Lipinski definition) is 3. The number of amides is 2. The van der Waals surface area contributed by atoms with E-state index in [-0.39, 0.29) is 11.8 Å². The molecular weight excluding hydrogens is 280 g/mol. The third-order valence-electron chi connectivity index (χ3n) is 3.80. The number of benzene rings is 2. The SMILES string of the molecule is O=C1c2ccccc2C(=O)N1c1ccc2c[n+](O)ccc2c1. The smallest absolute Gasteiger partial charge is 0.266 e. The van der Waals surface area contributed by atoms with Gasteiger partial charge in [0.1, 0.15) is 0 Å². The van der Waals surface area contributed by atoms with Gasteiger partial charge in [-0.25, -0.2) is 4.90 Å². The van der Waals surface area contributed by atoms with Crippen molar-refractivity contribution in [3.8, 4) is 0 Å². The van der Waals surface area contributed by atoms with Gasteiger partial charge in [0.2, 0.25) is 12.4 Å². The van der Waals surface area contributed by atoms with Gasteiger partial charge >= 0.3 is 0 Å². The van der Waals surface area contributed by atoms with Gasteiger partial charge in [0, 0.05) is 10.8 Å². The minimum absolute atomic E-state index is 0.312. The van der Waals surface area contributed by atoms with Crippen LogP contribution in [0, 0.1) is 0 Å². The molecule has 4 rings (SSSR count). The lowest BCUT2D eigenvalue weighted by Gasteiger charge is -2.14. The van der Waals surface area contributed by atoms with E-state index >= 15 is 0 Å². The highest BCUT2D eigenvalue weighted by atomic mass is 16.5. The van der Waals surface area contributed by atoms with Crippen molar-refractivity contribution < 1.29 is 19.5 Å². The van der Waals surface area contributed by atoms with Crippen molar-refractivity contribution in [2.45, 2.75) is 0 Å². The monoisotopic (exact) mass is 291 g/mol. The van der Waals surface area contributed by atoms with Gasteiger partial charge in [-0.2, -0.15) is 0 Å². The molecule has 0 saturated heterocycles. The van der Waals surface area contributed by atoms with Gasteiger partial charge < -0.3 is 0 Å². The van der Waals surface area contributed by atoms with Crippen molar-refractivity contribution in [3.63, 3.8) is 0 Å². The summed E-state index contributed by atoms with van der Waals surface area (Å²) >= 11 is 0. The van der Waals surface area contributed by atoms with Crippen LogP contribution >= 0.6 is 0 Å². The summed E-state index contributed by atoms with van der Waals surface area (Å²) in [4.78, 5) is 26.1. The second-order valence-corrected chi connectivity index (χ2v) is 5.13. The van der Waals surface area contributed by atoms with Crippen LogP contribution in [0.3, 0.4) is 0 Å². The maximum absolute atomic E-state index is 12.5. The van der Waals surface area contributed by atoms with Crippen LogP contribution in [0.5, 0.6) is 0 Å². The minimum Gasteiger partial charge on any atom is -0.285 e. The number of carbonyl (C=O) groups is 2. The van der Waals surface area contributed by atoms with E-state index in [0.29, 0.717) is 16.8 Å². The lowest BCUT2D eigenvalue weighted by molar-refractivity contribution is -0.903. The van der Waals surface area contributed by atoms with Crippen molar-refractivity contribution in [2.24, 2.45) is 0 Å². The molecule has 0 spiro atoms. The Kier molecular flexibility index (Phi) is 2.50. The molecule has 3 aromatic rings. The predicted molar refractivity (Wildman–Crippen MR) is 78.9 cm³/mol. The summed E-state index contributed by atoms with van der Waals surface area (Å²) in [5.41, 5.74) is 1.37. The first-order valence-electron chi connectivity index (χ1n) is 6.77. The van der Waals surface area contributed by atoms with Gasteiger partial charge in [0.25, 0.3) is 11.8 Å². The Balaban J connectivity index is 1.85. The first-order chi connectivity index (χ1) is 10.6. The second-order valence-electron chi connectivity index (χ2n) is 5.13. The molecule has 2 heterocycles. The summed E-state index contributed by atoms with van der Waals surface area (Å²) in [6.07, 6.45) is 3.05. The van der Waals surface area contributed by atoms with Crippen LogP contribution in [0.1, 0.15) is 20.7 Å². The number of anilines is 1. The number of pyridine rings is 1. The van der Waals surface area contributed by atoms with Gasteiger partial charge in [-0.15, -0.1) is 0 Å². The van der Waals surface area contributed by atoms with E-state index in [4.69, 9.17) is 0 Å². The maximum atomic E-state index is 12.5. The number of carbonyl (C=O) groups excluding carboxylic acids is 2. The van der Waals surface area contributed by atoms with E-state index in [0.717, 1.165) is 15.5 Å². The van der Waals surface area contributed by atoms with Crippen LogP contribution in [-0.4, -0.2) is 17.0 Å². The lowest BCUT2D eigenvalue weighted by atomic mass is 10.1. The number of fused-ring (bicyclic) bond motifs is 2. The molecule has 1 N–H and O–H groups in total. The standard InChI is InChI=1S/C17H11N2O3/c20-16-14-3-1-2-4-15(14)17(21)19(16)13-6-5-12-10-18(22)8-7-11(12)9-13/h1-10,22H/q+1. The molecule has 5 nitrogen and oxygen atoms in total. The summed E-state index contributed by atoms with van der Waals surface area (Å²) in [5.74, 6) is -0.624. The van der Waals surface area contributed by atoms with E-state index in [1.165, 1.54) is 11.1 Å². The molecular formula is C17H11N2O3+. The summed E-state index contributed by atoms with van der Waals surface area (Å²) < 4.78 is 0.962. The molecule has 0 aliphatic carbocycles. The van der Waals surface area contributed by atoms with E-state index < -0.39 is 0 Å². The average Bonchev–Trinajstić information content (AvgIpc) is 2.79. The van der Waals surface area contributed by atoms with Gasteiger partial charge in [-0.05, 0) is 35.7 Å². The Hall–Kier alpha value is -3.21. The number of nitrogens with zero attached hydrogens (tertiary/aromatic N) is 2. The van der Waals surface area contributed by atoms with Crippen LogP contribution in [0.25, 0.3) is 10.8 Å². The minimum atomic E-state index is -0.312. The summed E-state index contributed by atoms with van der Waals surface area (Å²) in [5, 5.41) is 11.1. The topological polar surface area (TPSA) is 61.5 Å². The van der Waals surface area contributed by atoms with Gasteiger partial charge in [0.15, 0.2) is 0 Å². The molecule has 1 aromatic heterocycles. The molecule has 0 bridgehead atoms. The summed E-state index contributed by atoms with van der Waals surface area (Å²) in [6, 6.07) is 13.7. The van der Waals surface area contributed by atoms with Crippen LogP contribution in [0.15, 0.2) is 60.9 Å². The first kappa shape index (κ1) is 12.5. The molecule has 2 amide bonds. The van der Waals surface area contributed by atoms with E-state index in [2.05, 4.69) is 0 Å². The summed E-state index contributed by atoms with van der Waals surface area (Å²) in [7, 11) is 0. The number of hydrogen-bond donors (Lipinski definition) is 1. The zero-order chi connectivity index (χ0) is 15.3. The van der Waals surface area contributed by atoms with Crippen molar-refractivity contribution in [1.29, 1.82) is 0 Å². The molecule has 0 unspecified atom stereocenters. The largest absolute Gasteiger partial charge is 0.285 e.